The number of nitrogens with zero attached hydrogens (tertiary/aromatic N) is 1. The van der Waals surface area contributed by atoms with Crippen molar-refractivity contribution in [1.29, 1.82) is 5.26 Å². The Morgan fingerprint density at radius 2 is 2.21 bits per heavy atom. The van der Waals surface area contributed by atoms with Crippen LogP contribution in [0.2, 0.25) is 0 Å². The molecule has 0 unspecified atom stereocenters. The molecule has 1 rings (SSSR count). The van der Waals surface area contributed by atoms with E-state index in [0.717, 1.165) is 28.5 Å². The van der Waals surface area contributed by atoms with Crippen LogP contribution in [0.25, 0.3) is 0 Å². The zero-order chi connectivity index (χ0) is 10.6. The summed E-state index contributed by atoms with van der Waals surface area (Å²) in [6.07, 6.45) is 0. The van der Waals surface area contributed by atoms with E-state index in [1.165, 1.54) is 0 Å². The van der Waals surface area contributed by atoms with Crippen LogP contribution in [0.1, 0.15) is 21.5 Å². The van der Waals surface area contributed by atoms with E-state index in [1.807, 2.05) is 37.4 Å². The van der Waals surface area contributed by atoms with Crippen molar-refractivity contribution >= 4 is 17.5 Å². The predicted molar refractivity (Wildman–Crippen MR) is 58.3 cm³/mol. The first-order chi connectivity index (χ1) is 6.65. The van der Waals surface area contributed by atoms with Crippen LogP contribution in [0.5, 0.6) is 0 Å². The Kier molecular flexibility index (Phi) is 3.73. The number of hydrogen-bond donors (Lipinski definition) is 0. The minimum atomic E-state index is 0.0223. The quantitative estimate of drug-likeness (QED) is 0.562. The molecular formula is C11H11NOS. The molecule has 0 heterocycles. The Balaban J connectivity index is 2.86. The predicted octanol–water partition coefficient (Wildman–Crippen LogP) is 2.70. The van der Waals surface area contributed by atoms with E-state index in [-0.39, 0.29) is 11.5 Å². The lowest BCUT2D eigenvalue weighted by Gasteiger charge is -2.03. The highest BCUT2D eigenvalue weighted by atomic mass is 32.2. The molecule has 1 aromatic rings. The van der Waals surface area contributed by atoms with Crippen molar-refractivity contribution in [2.24, 2.45) is 0 Å². The van der Waals surface area contributed by atoms with Gasteiger partial charge in [-0.15, -0.1) is 0 Å². The summed E-state index contributed by atoms with van der Waals surface area (Å²) in [7, 11) is 0. The van der Waals surface area contributed by atoms with Gasteiger partial charge in [0, 0.05) is 5.56 Å². The second-order valence-corrected chi connectivity index (χ2v) is 3.88. The van der Waals surface area contributed by atoms with E-state index in [1.54, 1.807) is 0 Å². The number of rotatable bonds is 3. The zero-order valence-electron chi connectivity index (χ0n) is 8.20. The van der Waals surface area contributed by atoms with Crippen molar-refractivity contribution in [3.63, 3.8) is 0 Å². The highest BCUT2D eigenvalue weighted by Gasteiger charge is 2.08. The van der Waals surface area contributed by atoms with Gasteiger partial charge in [0.25, 0.3) is 0 Å². The molecule has 14 heavy (non-hydrogen) atoms. The first-order valence-electron chi connectivity index (χ1n) is 4.26. The van der Waals surface area contributed by atoms with Gasteiger partial charge in [0.2, 0.25) is 0 Å². The monoisotopic (exact) mass is 205 g/mol. The van der Waals surface area contributed by atoms with Gasteiger partial charge in [0.1, 0.15) is 5.40 Å². The van der Waals surface area contributed by atoms with Crippen LogP contribution in [-0.4, -0.2) is 11.5 Å². The maximum atomic E-state index is 11.6. The maximum absolute atomic E-state index is 11.6. The summed E-state index contributed by atoms with van der Waals surface area (Å²) < 4.78 is 0. The van der Waals surface area contributed by atoms with Gasteiger partial charge in [-0.25, -0.2) is 0 Å². The number of Topliss-reactive ketones (excluding diaryl/α,β-unsaturated/α-hetero) is 1. The first kappa shape index (κ1) is 10.8. The van der Waals surface area contributed by atoms with Gasteiger partial charge in [-0.2, -0.15) is 5.26 Å². The number of carbonyl (C=O) groups is 1. The molecule has 1 aromatic carbocycles. The molecule has 2 nitrogen and oxygen atoms in total. The lowest BCUT2D eigenvalue weighted by atomic mass is 10.0. The fourth-order valence-electron chi connectivity index (χ4n) is 1.30. The number of thiocyanates is 1. The van der Waals surface area contributed by atoms with Gasteiger partial charge in [-0.1, -0.05) is 23.8 Å². The Bertz CT molecular complexity index is 393. The topological polar surface area (TPSA) is 40.9 Å². The van der Waals surface area contributed by atoms with Crippen LogP contribution < -0.4 is 0 Å². The smallest absolute Gasteiger partial charge is 0.174 e. The molecular weight excluding hydrogens is 194 g/mol. The highest BCUT2D eigenvalue weighted by Crippen LogP contribution is 2.13. The summed E-state index contributed by atoms with van der Waals surface area (Å²) in [5, 5.41) is 10.2. The third kappa shape index (κ3) is 2.61. The number of hydrogen-bond acceptors (Lipinski definition) is 3. The molecule has 0 spiro atoms. The van der Waals surface area contributed by atoms with Crippen molar-refractivity contribution in [2.75, 3.05) is 5.75 Å². The van der Waals surface area contributed by atoms with E-state index in [4.69, 9.17) is 5.26 Å². The summed E-state index contributed by atoms with van der Waals surface area (Å²) in [5.41, 5.74) is 2.85. The normalized spacial score (nSPS) is 9.50. The van der Waals surface area contributed by atoms with Crippen molar-refractivity contribution < 1.29 is 4.79 Å². The zero-order valence-corrected chi connectivity index (χ0v) is 9.02. The fourth-order valence-corrected chi connectivity index (χ4v) is 1.65. The van der Waals surface area contributed by atoms with Crippen molar-refractivity contribution in [3.05, 3.63) is 34.9 Å². The molecule has 72 valence electrons. The largest absolute Gasteiger partial charge is 0.293 e. The van der Waals surface area contributed by atoms with Gasteiger partial charge in [0.15, 0.2) is 5.78 Å². The van der Waals surface area contributed by atoms with Crippen LogP contribution in [0.4, 0.5) is 0 Å². The molecule has 0 saturated heterocycles. The first-order valence-corrected chi connectivity index (χ1v) is 5.25. The third-order valence-corrected chi connectivity index (χ3v) is 2.49. The third-order valence-electron chi connectivity index (χ3n) is 1.95. The van der Waals surface area contributed by atoms with Crippen molar-refractivity contribution in [1.82, 2.24) is 0 Å². The van der Waals surface area contributed by atoms with E-state index >= 15 is 0 Å². The molecule has 0 atom stereocenters. The number of nitriles is 1. The summed E-state index contributed by atoms with van der Waals surface area (Å²) in [6.45, 7) is 3.91. The molecule has 0 aliphatic carbocycles. The molecule has 0 radical (unpaired) electrons. The summed E-state index contributed by atoms with van der Waals surface area (Å²) in [4.78, 5) is 11.6. The molecule has 0 fully saturated rings. The molecule has 0 N–H and O–H groups in total. The minimum absolute atomic E-state index is 0.0223. The van der Waals surface area contributed by atoms with Gasteiger partial charge < -0.3 is 0 Å². The maximum Gasteiger partial charge on any atom is 0.174 e. The number of aryl methyl sites for hydroxylation is 2. The van der Waals surface area contributed by atoms with Crippen LogP contribution >= 0.6 is 11.8 Å². The number of carbonyl (C=O) groups excluding carboxylic acids is 1. The van der Waals surface area contributed by atoms with Gasteiger partial charge in [-0.3, -0.25) is 4.79 Å². The molecule has 3 heteroatoms. The summed E-state index contributed by atoms with van der Waals surface area (Å²) >= 11 is 0.980. The van der Waals surface area contributed by atoms with Gasteiger partial charge >= 0.3 is 0 Å². The lowest BCUT2D eigenvalue weighted by Crippen LogP contribution is -2.04. The SMILES string of the molecule is Cc1ccc(C(=O)CSC#N)c(C)c1. The number of ketones is 1. The molecule has 0 bridgehead atoms. The number of thioether (sulfide) groups is 1. The van der Waals surface area contributed by atoms with Crippen LogP contribution in [0, 0.1) is 24.5 Å². The Labute approximate surface area is 87.9 Å². The van der Waals surface area contributed by atoms with Gasteiger partial charge in [0.05, 0.1) is 5.75 Å². The van der Waals surface area contributed by atoms with E-state index < -0.39 is 0 Å². The summed E-state index contributed by atoms with van der Waals surface area (Å²) in [6, 6.07) is 5.71. The van der Waals surface area contributed by atoms with Crippen molar-refractivity contribution in [3.8, 4) is 5.40 Å². The van der Waals surface area contributed by atoms with Gasteiger partial charge in [-0.05, 0) is 31.2 Å². The second-order valence-electron chi connectivity index (χ2n) is 3.12. The number of benzene rings is 1. The minimum Gasteiger partial charge on any atom is -0.293 e. The average molecular weight is 205 g/mol. The standard InChI is InChI=1S/C11H11NOS/c1-8-3-4-10(9(2)5-8)11(13)6-14-7-12/h3-5H,6H2,1-2H3. The highest BCUT2D eigenvalue weighted by molar-refractivity contribution is 8.04. The van der Waals surface area contributed by atoms with Crippen LogP contribution in [0.15, 0.2) is 18.2 Å². The fraction of sp³-hybridized carbons (Fsp3) is 0.273. The lowest BCUT2D eigenvalue weighted by molar-refractivity contribution is 0.102. The molecule has 0 aliphatic heterocycles. The summed E-state index contributed by atoms with van der Waals surface area (Å²) in [5.74, 6) is 0.259. The van der Waals surface area contributed by atoms with Crippen LogP contribution in [0.3, 0.4) is 0 Å². The Hall–Kier alpha value is -1.27. The molecule has 0 aromatic heterocycles. The van der Waals surface area contributed by atoms with Crippen molar-refractivity contribution in [2.45, 2.75) is 13.8 Å². The molecule has 0 saturated carbocycles. The Morgan fingerprint density at radius 1 is 1.50 bits per heavy atom. The van der Waals surface area contributed by atoms with E-state index in [0.29, 0.717) is 0 Å². The van der Waals surface area contributed by atoms with Crippen LogP contribution in [-0.2, 0) is 0 Å². The Morgan fingerprint density at radius 3 is 2.79 bits per heavy atom. The molecule has 0 aliphatic rings. The molecule has 0 amide bonds. The average Bonchev–Trinajstić information content (AvgIpc) is 2.14. The second kappa shape index (κ2) is 4.83. The van der Waals surface area contributed by atoms with E-state index in [2.05, 4.69) is 0 Å². The van der Waals surface area contributed by atoms with E-state index in [9.17, 15) is 4.79 Å².